The van der Waals surface area contributed by atoms with Crippen LogP contribution in [0.2, 0.25) is 0 Å². The largest absolute Gasteiger partial charge is 0.389 e. The third kappa shape index (κ3) is 2.52. The third-order valence-corrected chi connectivity index (χ3v) is 3.90. The number of hydrogen-bond acceptors (Lipinski definition) is 3. The number of piperazine rings is 1. The lowest BCUT2D eigenvalue weighted by Crippen LogP contribution is -2.54. The number of anilines is 1. The first-order chi connectivity index (χ1) is 8.50. The highest BCUT2D eigenvalue weighted by atomic mass is 79.9. The number of rotatable bonds is 2. The molecule has 2 N–H and O–H groups in total. The van der Waals surface area contributed by atoms with E-state index in [1.165, 1.54) is 0 Å². The summed E-state index contributed by atoms with van der Waals surface area (Å²) in [7, 11) is 0. The topological polar surface area (TPSA) is 52.6 Å². The van der Waals surface area contributed by atoms with Crippen LogP contribution < -0.4 is 10.2 Å². The van der Waals surface area contributed by atoms with Gasteiger partial charge in [-0.3, -0.25) is 4.79 Å². The molecule has 0 aliphatic carbocycles. The normalized spacial score (nSPS) is 21.7. The fourth-order valence-corrected chi connectivity index (χ4v) is 2.75. The quantitative estimate of drug-likeness (QED) is 0.876. The minimum atomic E-state index is -0.488. The predicted octanol–water partition coefficient (Wildman–Crippen LogP) is 1.83. The Hall–Kier alpha value is -1.07. The van der Waals surface area contributed by atoms with Crippen molar-refractivity contribution in [2.45, 2.75) is 26.0 Å². The van der Waals surface area contributed by atoms with Gasteiger partial charge in [-0.1, -0.05) is 6.07 Å². The molecule has 2 rings (SSSR count). The second-order valence-corrected chi connectivity index (χ2v) is 5.40. The van der Waals surface area contributed by atoms with Crippen molar-refractivity contribution in [1.82, 2.24) is 5.32 Å². The van der Waals surface area contributed by atoms with Gasteiger partial charge in [0.25, 0.3) is 0 Å². The van der Waals surface area contributed by atoms with Crippen molar-refractivity contribution in [1.29, 1.82) is 0 Å². The van der Waals surface area contributed by atoms with Gasteiger partial charge in [-0.2, -0.15) is 0 Å². The van der Waals surface area contributed by atoms with Gasteiger partial charge >= 0.3 is 0 Å². The van der Waals surface area contributed by atoms with Crippen molar-refractivity contribution in [2.24, 2.45) is 0 Å². The van der Waals surface area contributed by atoms with E-state index in [4.69, 9.17) is 0 Å². The van der Waals surface area contributed by atoms with Crippen molar-refractivity contribution < 1.29 is 9.90 Å². The number of carbonyl (C=O) groups excluding carboxylic acids is 1. The highest BCUT2D eigenvalue weighted by molar-refractivity contribution is 9.10. The first-order valence-electron chi connectivity index (χ1n) is 6.02. The van der Waals surface area contributed by atoms with Crippen LogP contribution in [0, 0.1) is 0 Å². The number of amides is 1. The number of carbonyl (C=O) groups is 1. The number of nitrogens with zero attached hydrogens (tertiary/aromatic N) is 1. The van der Waals surface area contributed by atoms with Crippen LogP contribution in [0.1, 0.15) is 25.5 Å². The van der Waals surface area contributed by atoms with Gasteiger partial charge in [-0.25, -0.2) is 0 Å². The lowest BCUT2D eigenvalue weighted by Gasteiger charge is -2.35. The molecule has 1 fully saturated rings. The minimum Gasteiger partial charge on any atom is -0.389 e. The van der Waals surface area contributed by atoms with Gasteiger partial charge in [0.1, 0.15) is 6.04 Å². The first kappa shape index (κ1) is 13.4. The monoisotopic (exact) mass is 312 g/mol. The summed E-state index contributed by atoms with van der Waals surface area (Å²) < 4.78 is 0.905. The summed E-state index contributed by atoms with van der Waals surface area (Å²) in [4.78, 5) is 13.7. The molecule has 1 saturated heterocycles. The molecule has 1 heterocycles. The molecule has 1 amide bonds. The van der Waals surface area contributed by atoms with Crippen molar-refractivity contribution in [2.75, 3.05) is 18.0 Å². The van der Waals surface area contributed by atoms with Crippen molar-refractivity contribution in [3.05, 3.63) is 28.2 Å². The Morgan fingerprint density at radius 2 is 2.28 bits per heavy atom. The smallest absolute Gasteiger partial charge is 0.242 e. The Kier molecular flexibility index (Phi) is 3.92. The molecule has 1 aliphatic heterocycles. The van der Waals surface area contributed by atoms with Gasteiger partial charge in [0.2, 0.25) is 5.91 Å². The fourth-order valence-electron chi connectivity index (χ4n) is 2.13. The van der Waals surface area contributed by atoms with Crippen LogP contribution in [0.5, 0.6) is 0 Å². The minimum absolute atomic E-state index is 0.0488. The molecule has 0 radical (unpaired) electrons. The van der Waals surface area contributed by atoms with E-state index < -0.39 is 6.10 Å². The Balaban J connectivity index is 2.30. The van der Waals surface area contributed by atoms with Crippen LogP contribution in [0.25, 0.3) is 0 Å². The molecule has 0 bridgehead atoms. The molecule has 1 aromatic rings. The fraction of sp³-hybridized carbons (Fsp3) is 0.462. The van der Waals surface area contributed by atoms with Gasteiger partial charge in [0, 0.05) is 17.6 Å². The molecular formula is C13H17BrN2O2. The van der Waals surface area contributed by atoms with E-state index in [0.717, 1.165) is 22.3 Å². The number of aliphatic hydroxyl groups is 1. The Labute approximate surface area is 115 Å². The van der Waals surface area contributed by atoms with E-state index >= 15 is 0 Å². The second kappa shape index (κ2) is 5.28. The summed E-state index contributed by atoms with van der Waals surface area (Å²) in [5.41, 5.74) is 1.85. The predicted molar refractivity (Wildman–Crippen MR) is 74.6 cm³/mol. The van der Waals surface area contributed by atoms with Gasteiger partial charge in [0.05, 0.1) is 11.8 Å². The van der Waals surface area contributed by atoms with Crippen molar-refractivity contribution >= 4 is 27.5 Å². The maximum atomic E-state index is 11.7. The van der Waals surface area contributed by atoms with Crippen LogP contribution in [0.15, 0.2) is 22.7 Å². The zero-order valence-corrected chi connectivity index (χ0v) is 12.1. The second-order valence-electron chi connectivity index (χ2n) is 4.55. The highest BCUT2D eigenvalue weighted by Crippen LogP contribution is 2.31. The van der Waals surface area contributed by atoms with E-state index in [2.05, 4.69) is 26.1 Å². The average molecular weight is 313 g/mol. The zero-order valence-electron chi connectivity index (χ0n) is 10.5. The average Bonchev–Trinajstić information content (AvgIpc) is 2.33. The van der Waals surface area contributed by atoms with Gasteiger partial charge in [-0.05, 0) is 47.5 Å². The molecule has 1 aliphatic rings. The van der Waals surface area contributed by atoms with Crippen LogP contribution in [-0.2, 0) is 4.79 Å². The number of aliphatic hydroxyl groups excluding tert-OH is 1. The van der Waals surface area contributed by atoms with E-state index in [9.17, 15) is 9.90 Å². The molecule has 18 heavy (non-hydrogen) atoms. The zero-order chi connectivity index (χ0) is 13.3. The summed E-state index contributed by atoms with van der Waals surface area (Å²) in [5.74, 6) is 0.0488. The van der Waals surface area contributed by atoms with Gasteiger partial charge in [0.15, 0.2) is 0 Å². The van der Waals surface area contributed by atoms with E-state index in [0.29, 0.717) is 6.54 Å². The summed E-state index contributed by atoms with van der Waals surface area (Å²) >= 11 is 3.51. The first-order valence-corrected chi connectivity index (χ1v) is 6.82. The third-order valence-electron chi connectivity index (χ3n) is 3.26. The molecule has 2 atom stereocenters. The highest BCUT2D eigenvalue weighted by Gasteiger charge is 2.26. The molecule has 4 nitrogen and oxygen atoms in total. The van der Waals surface area contributed by atoms with Crippen LogP contribution >= 0.6 is 15.9 Å². The Morgan fingerprint density at radius 1 is 1.56 bits per heavy atom. The molecule has 1 aromatic carbocycles. The molecule has 1 unspecified atom stereocenters. The number of halogens is 1. The van der Waals surface area contributed by atoms with E-state index in [-0.39, 0.29) is 11.9 Å². The Bertz CT molecular complexity index is 462. The number of hydrogen-bond donors (Lipinski definition) is 2. The summed E-state index contributed by atoms with van der Waals surface area (Å²) in [6, 6.07) is 5.57. The molecule has 0 aromatic heterocycles. The van der Waals surface area contributed by atoms with Crippen molar-refractivity contribution in [3.8, 4) is 0 Å². The number of nitrogens with one attached hydrogen (secondary N) is 1. The summed E-state index contributed by atoms with van der Waals surface area (Å²) in [5, 5.41) is 12.4. The molecule has 5 heteroatoms. The standard InChI is InChI=1S/C13H17BrN2O2/c1-8-13(18)15-5-6-16(8)12-4-3-10(9(2)17)7-11(12)14/h3-4,7-9,17H,5-6H2,1-2H3,(H,15,18)/t8?,9-/m0/s1. The van der Waals surface area contributed by atoms with Crippen LogP contribution in [0.3, 0.4) is 0 Å². The van der Waals surface area contributed by atoms with E-state index in [1.54, 1.807) is 6.92 Å². The lowest BCUT2D eigenvalue weighted by molar-refractivity contribution is -0.122. The SMILES string of the molecule is CC1C(=O)NCCN1c1ccc([C@H](C)O)cc1Br. The van der Waals surface area contributed by atoms with E-state index in [1.807, 2.05) is 25.1 Å². The summed E-state index contributed by atoms with van der Waals surface area (Å²) in [6.07, 6.45) is -0.488. The number of benzene rings is 1. The Morgan fingerprint density at radius 3 is 2.89 bits per heavy atom. The molecule has 98 valence electrons. The molecular weight excluding hydrogens is 296 g/mol. The van der Waals surface area contributed by atoms with Crippen molar-refractivity contribution in [3.63, 3.8) is 0 Å². The maximum Gasteiger partial charge on any atom is 0.242 e. The van der Waals surface area contributed by atoms with Gasteiger partial charge in [-0.15, -0.1) is 0 Å². The van der Waals surface area contributed by atoms with Crippen LogP contribution in [-0.4, -0.2) is 30.1 Å². The lowest BCUT2D eigenvalue weighted by atomic mass is 10.1. The molecule has 0 spiro atoms. The maximum absolute atomic E-state index is 11.7. The van der Waals surface area contributed by atoms with Gasteiger partial charge < -0.3 is 15.3 Å². The summed E-state index contributed by atoms with van der Waals surface area (Å²) in [6.45, 7) is 5.08. The van der Waals surface area contributed by atoms with Crippen LogP contribution in [0.4, 0.5) is 5.69 Å². The molecule has 0 saturated carbocycles.